The monoisotopic (exact) mass is 299 g/mol. The maximum Gasteiger partial charge on any atom is 0.220 e. The fourth-order valence-electron chi connectivity index (χ4n) is 3.37. The first kappa shape index (κ1) is 15.1. The molecule has 0 spiro atoms. The Kier molecular flexibility index (Phi) is 4.78. The Balaban J connectivity index is 1.63. The van der Waals surface area contributed by atoms with E-state index in [4.69, 9.17) is 0 Å². The molecule has 1 fully saturated rings. The molecule has 22 heavy (non-hydrogen) atoms. The summed E-state index contributed by atoms with van der Waals surface area (Å²) < 4.78 is 0. The number of likely N-dealkylation sites (tertiary alicyclic amines) is 1. The predicted octanol–water partition coefficient (Wildman–Crippen LogP) is 3.05. The van der Waals surface area contributed by atoms with E-state index in [1.165, 1.54) is 16.5 Å². The van der Waals surface area contributed by atoms with Gasteiger partial charge in [-0.1, -0.05) is 19.1 Å². The lowest BCUT2D eigenvalue weighted by atomic mass is 10.0. The van der Waals surface area contributed by atoms with Crippen LogP contribution in [-0.2, 0) is 11.3 Å². The van der Waals surface area contributed by atoms with Crippen LogP contribution < -0.4 is 5.32 Å². The van der Waals surface area contributed by atoms with Gasteiger partial charge in [-0.2, -0.15) is 0 Å². The van der Waals surface area contributed by atoms with E-state index >= 15 is 0 Å². The molecule has 1 amide bonds. The minimum Gasteiger partial charge on any atom is -0.361 e. The largest absolute Gasteiger partial charge is 0.361 e. The molecule has 1 aromatic heterocycles. The number of aromatic nitrogens is 1. The normalized spacial score (nSPS) is 19.4. The third-order valence-corrected chi connectivity index (χ3v) is 4.43. The third-order valence-electron chi connectivity index (χ3n) is 4.43. The van der Waals surface area contributed by atoms with Gasteiger partial charge in [-0.15, -0.1) is 0 Å². The van der Waals surface area contributed by atoms with Gasteiger partial charge in [-0.3, -0.25) is 9.69 Å². The standard InChI is InChI=1S/C18H25N3O/c1-2-5-18(22)20-15-7-4-11-21(13-15)12-14-6-3-8-17-16(14)9-10-19-17/h3,6,8-10,15,19H,2,4-5,7,11-13H2,1H3,(H,20,22). The number of carbonyl (C=O) groups is 1. The van der Waals surface area contributed by atoms with Crippen LogP contribution >= 0.6 is 0 Å². The number of aromatic amines is 1. The molecule has 1 aromatic carbocycles. The summed E-state index contributed by atoms with van der Waals surface area (Å²) >= 11 is 0. The van der Waals surface area contributed by atoms with Crippen molar-refractivity contribution >= 4 is 16.8 Å². The van der Waals surface area contributed by atoms with Gasteiger partial charge in [0.25, 0.3) is 0 Å². The highest BCUT2D eigenvalue weighted by Gasteiger charge is 2.21. The number of carbonyl (C=O) groups excluding carboxylic acids is 1. The Morgan fingerprint density at radius 1 is 1.41 bits per heavy atom. The Labute approximate surface area is 131 Å². The van der Waals surface area contributed by atoms with Crippen LogP contribution in [0.4, 0.5) is 0 Å². The molecule has 4 nitrogen and oxygen atoms in total. The number of piperidine rings is 1. The second-order valence-corrected chi connectivity index (χ2v) is 6.25. The van der Waals surface area contributed by atoms with Gasteiger partial charge in [0.2, 0.25) is 5.91 Å². The molecule has 3 rings (SSSR count). The number of fused-ring (bicyclic) bond motifs is 1. The van der Waals surface area contributed by atoms with E-state index in [-0.39, 0.29) is 5.91 Å². The summed E-state index contributed by atoms with van der Waals surface area (Å²) in [6.07, 6.45) is 5.80. The topological polar surface area (TPSA) is 48.1 Å². The van der Waals surface area contributed by atoms with Crippen molar-refractivity contribution in [2.24, 2.45) is 0 Å². The van der Waals surface area contributed by atoms with E-state index in [0.29, 0.717) is 12.5 Å². The van der Waals surface area contributed by atoms with Gasteiger partial charge in [-0.25, -0.2) is 0 Å². The van der Waals surface area contributed by atoms with E-state index in [2.05, 4.69) is 39.5 Å². The van der Waals surface area contributed by atoms with Gasteiger partial charge in [0.05, 0.1) is 0 Å². The molecule has 0 radical (unpaired) electrons. The van der Waals surface area contributed by atoms with Gasteiger partial charge < -0.3 is 10.3 Å². The number of H-pyrrole nitrogens is 1. The van der Waals surface area contributed by atoms with Crippen molar-refractivity contribution in [2.45, 2.75) is 45.2 Å². The summed E-state index contributed by atoms with van der Waals surface area (Å²) in [5.74, 6) is 0.196. The van der Waals surface area contributed by atoms with Gasteiger partial charge in [0, 0.05) is 42.7 Å². The van der Waals surface area contributed by atoms with Crippen molar-refractivity contribution in [3.63, 3.8) is 0 Å². The smallest absolute Gasteiger partial charge is 0.220 e. The highest BCUT2D eigenvalue weighted by molar-refractivity contribution is 5.82. The fraction of sp³-hybridized carbons (Fsp3) is 0.500. The third kappa shape index (κ3) is 3.50. The zero-order chi connectivity index (χ0) is 15.4. The molecular formula is C18H25N3O. The number of hydrogen-bond acceptors (Lipinski definition) is 2. The van der Waals surface area contributed by atoms with Crippen LogP contribution in [0.5, 0.6) is 0 Å². The summed E-state index contributed by atoms with van der Waals surface area (Å²) in [4.78, 5) is 17.5. The minimum absolute atomic E-state index is 0.196. The van der Waals surface area contributed by atoms with Crippen molar-refractivity contribution in [3.05, 3.63) is 36.0 Å². The molecule has 1 aliphatic rings. The van der Waals surface area contributed by atoms with Crippen LogP contribution in [0.1, 0.15) is 38.2 Å². The Morgan fingerprint density at radius 2 is 2.32 bits per heavy atom. The second kappa shape index (κ2) is 6.97. The lowest BCUT2D eigenvalue weighted by Crippen LogP contribution is -2.47. The maximum absolute atomic E-state index is 11.8. The highest BCUT2D eigenvalue weighted by atomic mass is 16.1. The number of nitrogens with one attached hydrogen (secondary N) is 2. The first-order valence-corrected chi connectivity index (χ1v) is 8.33. The van der Waals surface area contributed by atoms with Crippen LogP contribution in [0.3, 0.4) is 0 Å². The van der Waals surface area contributed by atoms with Crippen molar-refractivity contribution in [2.75, 3.05) is 13.1 Å². The average molecular weight is 299 g/mol. The molecule has 0 bridgehead atoms. The van der Waals surface area contributed by atoms with Crippen molar-refractivity contribution in [3.8, 4) is 0 Å². The molecule has 2 N–H and O–H groups in total. The van der Waals surface area contributed by atoms with Crippen LogP contribution in [0, 0.1) is 0 Å². The van der Waals surface area contributed by atoms with E-state index in [0.717, 1.165) is 38.9 Å². The van der Waals surface area contributed by atoms with Crippen LogP contribution in [-0.4, -0.2) is 34.9 Å². The number of nitrogens with zero attached hydrogens (tertiary/aromatic N) is 1. The first-order valence-electron chi connectivity index (χ1n) is 8.33. The number of rotatable bonds is 5. The van der Waals surface area contributed by atoms with Gasteiger partial charge >= 0.3 is 0 Å². The van der Waals surface area contributed by atoms with Crippen LogP contribution in [0.15, 0.2) is 30.5 Å². The van der Waals surface area contributed by atoms with Crippen molar-refractivity contribution < 1.29 is 4.79 Å². The fourth-order valence-corrected chi connectivity index (χ4v) is 3.37. The van der Waals surface area contributed by atoms with E-state index in [9.17, 15) is 4.79 Å². The number of benzene rings is 1. The summed E-state index contributed by atoms with van der Waals surface area (Å²) in [5, 5.41) is 4.49. The number of amides is 1. The van der Waals surface area contributed by atoms with Crippen molar-refractivity contribution in [1.29, 1.82) is 0 Å². The zero-order valence-electron chi connectivity index (χ0n) is 13.3. The van der Waals surface area contributed by atoms with Crippen molar-refractivity contribution in [1.82, 2.24) is 15.2 Å². The van der Waals surface area contributed by atoms with E-state index in [1.54, 1.807) is 0 Å². The molecule has 1 atom stereocenters. The summed E-state index contributed by atoms with van der Waals surface area (Å²) in [5.41, 5.74) is 2.56. The maximum atomic E-state index is 11.8. The predicted molar refractivity (Wildman–Crippen MR) is 89.6 cm³/mol. The lowest BCUT2D eigenvalue weighted by molar-refractivity contribution is -0.122. The Morgan fingerprint density at radius 3 is 3.18 bits per heavy atom. The zero-order valence-corrected chi connectivity index (χ0v) is 13.3. The SMILES string of the molecule is CCCC(=O)NC1CCCN(Cc2cccc3[nH]ccc23)C1. The summed E-state index contributed by atoms with van der Waals surface area (Å²) in [6.45, 7) is 5.07. The molecule has 2 heterocycles. The number of hydrogen-bond donors (Lipinski definition) is 2. The Bertz CT molecular complexity index is 634. The molecule has 0 saturated carbocycles. The van der Waals surface area contributed by atoms with E-state index < -0.39 is 0 Å². The summed E-state index contributed by atoms with van der Waals surface area (Å²) in [7, 11) is 0. The van der Waals surface area contributed by atoms with Crippen LogP contribution in [0.2, 0.25) is 0 Å². The Hall–Kier alpha value is -1.81. The minimum atomic E-state index is 0.196. The molecule has 2 aromatic rings. The summed E-state index contributed by atoms with van der Waals surface area (Å²) in [6, 6.07) is 8.88. The first-order chi connectivity index (χ1) is 10.8. The average Bonchev–Trinajstić information content (AvgIpc) is 2.97. The quantitative estimate of drug-likeness (QED) is 0.891. The molecule has 1 unspecified atom stereocenters. The van der Waals surface area contributed by atoms with Crippen LogP contribution in [0.25, 0.3) is 10.9 Å². The van der Waals surface area contributed by atoms with E-state index in [1.807, 2.05) is 13.1 Å². The molecule has 0 aliphatic carbocycles. The van der Waals surface area contributed by atoms with Gasteiger partial charge in [0.1, 0.15) is 0 Å². The molecular weight excluding hydrogens is 274 g/mol. The molecule has 1 aliphatic heterocycles. The molecule has 1 saturated heterocycles. The van der Waals surface area contributed by atoms with Gasteiger partial charge in [0.15, 0.2) is 0 Å². The lowest BCUT2D eigenvalue weighted by Gasteiger charge is -2.33. The molecule has 118 valence electrons. The van der Waals surface area contributed by atoms with Gasteiger partial charge in [-0.05, 0) is 43.5 Å². The highest BCUT2D eigenvalue weighted by Crippen LogP contribution is 2.21. The second-order valence-electron chi connectivity index (χ2n) is 6.25. The molecule has 4 heteroatoms.